The molecule has 2 aromatic rings. The van der Waals surface area contributed by atoms with E-state index in [0.717, 1.165) is 19.3 Å². The summed E-state index contributed by atoms with van der Waals surface area (Å²) < 4.78 is 18.7. The minimum atomic E-state index is -0.424. The Kier molecular flexibility index (Phi) is 5.08. The van der Waals surface area contributed by atoms with Gasteiger partial charge in [0.15, 0.2) is 0 Å². The number of amides is 1. The van der Waals surface area contributed by atoms with Crippen molar-refractivity contribution in [2.24, 2.45) is 5.92 Å². The van der Waals surface area contributed by atoms with E-state index in [9.17, 15) is 9.18 Å². The summed E-state index contributed by atoms with van der Waals surface area (Å²) in [6.45, 7) is 1.38. The van der Waals surface area contributed by atoms with E-state index < -0.39 is 5.82 Å². The average molecular weight is 328 g/mol. The topological polar surface area (TPSA) is 42.4 Å². The lowest BCUT2D eigenvalue weighted by Crippen LogP contribution is -2.39. The van der Waals surface area contributed by atoms with Gasteiger partial charge in [-0.25, -0.2) is 4.39 Å². The molecule has 1 aromatic carbocycles. The normalized spacial score (nSPS) is 15.3. The Morgan fingerprint density at radius 3 is 2.62 bits per heavy atom. The fourth-order valence-electron chi connectivity index (χ4n) is 3.21. The lowest BCUT2D eigenvalue weighted by molar-refractivity contribution is 0.0686. The zero-order valence-electron chi connectivity index (χ0n) is 13.7. The second-order valence-electron chi connectivity index (χ2n) is 6.14. The lowest BCUT2D eigenvalue weighted by Gasteiger charge is -2.32. The van der Waals surface area contributed by atoms with Gasteiger partial charge in [0.25, 0.3) is 5.91 Å². The fraction of sp³-hybridized carbons (Fsp3) is 0.368. The maximum absolute atomic E-state index is 13.5. The molecule has 0 bridgehead atoms. The number of ether oxygens (including phenoxy) is 1. The predicted octanol–water partition coefficient (Wildman–Crippen LogP) is 3.32. The quantitative estimate of drug-likeness (QED) is 0.864. The number of rotatable bonds is 4. The molecule has 3 rings (SSSR count). The summed E-state index contributed by atoms with van der Waals surface area (Å²) in [6, 6.07) is 8.13. The molecule has 0 saturated carbocycles. The molecule has 0 aliphatic carbocycles. The molecular weight excluding hydrogens is 307 g/mol. The van der Waals surface area contributed by atoms with Crippen molar-refractivity contribution in [1.29, 1.82) is 0 Å². The number of aromatic nitrogens is 1. The van der Waals surface area contributed by atoms with Crippen LogP contribution in [-0.2, 0) is 6.42 Å². The summed E-state index contributed by atoms with van der Waals surface area (Å²) in [5.41, 5.74) is 1.58. The van der Waals surface area contributed by atoms with Gasteiger partial charge in [-0.05, 0) is 61.1 Å². The lowest BCUT2D eigenvalue weighted by atomic mass is 9.90. The molecule has 5 heteroatoms. The molecule has 0 atom stereocenters. The molecule has 1 aliphatic rings. The predicted molar refractivity (Wildman–Crippen MR) is 89.5 cm³/mol. The Morgan fingerprint density at radius 2 is 1.96 bits per heavy atom. The highest BCUT2D eigenvalue weighted by Gasteiger charge is 2.25. The second kappa shape index (κ2) is 7.43. The van der Waals surface area contributed by atoms with E-state index in [1.165, 1.54) is 30.9 Å². The van der Waals surface area contributed by atoms with Crippen molar-refractivity contribution < 1.29 is 13.9 Å². The van der Waals surface area contributed by atoms with Gasteiger partial charge in [-0.2, -0.15) is 0 Å². The summed E-state index contributed by atoms with van der Waals surface area (Å²) in [4.78, 5) is 18.5. The zero-order valence-corrected chi connectivity index (χ0v) is 13.7. The Labute approximate surface area is 141 Å². The molecule has 0 N–H and O–H groups in total. The molecule has 1 fully saturated rings. The van der Waals surface area contributed by atoms with Crippen LogP contribution >= 0.6 is 0 Å². The van der Waals surface area contributed by atoms with Gasteiger partial charge in [0.1, 0.15) is 11.6 Å². The molecule has 126 valence electrons. The van der Waals surface area contributed by atoms with E-state index in [-0.39, 0.29) is 5.91 Å². The Balaban J connectivity index is 1.62. The molecule has 2 heterocycles. The highest BCUT2D eigenvalue weighted by Crippen LogP contribution is 2.26. The van der Waals surface area contributed by atoms with Crippen LogP contribution in [0, 0.1) is 11.7 Å². The van der Waals surface area contributed by atoms with Crippen LogP contribution in [0.1, 0.15) is 28.8 Å². The Hall–Kier alpha value is -2.43. The summed E-state index contributed by atoms with van der Waals surface area (Å²) in [5, 5.41) is 0. The first-order valence-electron chi connectivity index (χ1n) is 8.19. The summed E-state index contributed by atoms with van der Waals surface area (Å²) in [6.07, 6.45) is 6.53. The van der Waals surface area contributed by atoms with Crippen LogP contribution in [0.2, 0.25) is 0 Å². The largest absolute Gasteiger partial charge is 0.496 e. The second-order valence-corrected chi connectivity index (χ2v) is 6.14. The number of pyridine rings is 1. The third-order valence-electron chi connectivity index (χ3n) is 4.57. The van der Waals surface area contributed by atoms with Crippen LogP contribution < -0.4 is 4.74 Å². The molecule has 4 nitrogen and oxygen atoms in total. The van der Waals surface area contributed by atoms with Crippen molar-refractivity contribution in [2.45, 2.75) is 19.3 Å². The first-order chi connectivity index (χ1) is 11.7. The minimum absolute atomic E-state index is 0.159. The van der Waals surface area contributed by atoms with Crippen LogP contribution in [0.25, 0.3) is 0 Å². The molecule has 0 unspecified atom stereocenters. The number of halogens is 1. The van der Waals surface area contributed by atoms with Gasteiger partial charge in [0.05, 0.1) is 12.7 Å². The summed E-state index contributed by atoms with van der Waals surface area (Å²) >= 11 is 0. The number of hydrogen-bond donors (Lipinski definition) is 0. The third kappa shape index (κ3) is 3.72. The van der Waals surface area contributed by atoms with Crippen molar-refractivity contribution >= 4 is 5.91 Å². The van der Waals surface area contributed by atoms with Gasteiger partial charge >= 0.3 is 0 Å². The first-order valence-corrected chi connectivity index (χ1v) is 8.19. The van der Waals surface area contributed by atoms with E-state index in [2.05, 4.69) is 4.98 Å². The van der Waals surface area contributed by atoms with Crippen molar-refractivity contribution in [1.82, 2.24) is 9.88 Å². The van der Waals surface area contributed by atoms with E-state index in [4.69, 9.17) is 4.74 Å². The van der Waals surface area contributed by atoms with Crippen LogP contribution in [0.3, 0.4) is 0 Å². The fourth-order valence-corrected chi connectivity index (χ4v) is 3.21. The van der Waals surface area contributed by atoms with Crippen molar-refractivity contribution in [3.05, 3.63) is 59.7 Å². The van der Waals surface area contributed by atoms with Crippen molar-refractivity contribution in [3.8, 4) is 5.75 Å². The minimum Gasteiger partial charge on any atom is -0.496 e. The Morgan fingerprint density at radius 1 is 1.25 bits per heavy atom. The number of hydrogen-bond acceptors (Lipinski definition) is 3. The number of carbonyl (C=O) groups is 1. The number of nitrogens with zero attached hydrogens (tertiary/aromatic N) is 2. The Bertz CT molecular complexity index is 698. The first kappa shape index (κ1) is 16.4. The SMILES string of the molecule is COc1ccc(F)cc1C(=O)N1CCC(Cc2ccncc2)CC1. The number of methoxy groups -OCH3 is 1. The maximum Gasteiger partial charge on any atom is 0.257 e. The van der Waals surface area contributed by atoms with Gasteiger partial charge in [-0.3, -0.25) is 9.78 Å². The van der Waals surface area contributed by atoms with Crippen LogP contribution in [0.15, 0.2) is 42.7 Å². The van der Waals surface area contributed by atoms with Gasteiger partial charge < -0.3 is 9.64 Å². The molecule has 24 heavy (non-hydrogen) atoms. The molecule has 1 saturated heterocycles. The smallest absolute Gasteiger partial charge is 0.257 e. The standard InChI is InChI=1S/C19H21FN2O2/c1-24-18-3-2-16(20)13-17(18)19(23)22-10-6-15(7-11-22)12-14-4-8-21-9-5-14/h2-5,8-9,13,15H,6-7,10-12H2,1H3. The van der Waals surface area contributed by atoms with Crippen LogP contribution in [-0.4, -0.2) is 36.0 Å². The van der Waals surface area contributed by atoms with Crippen molar-refractivity contribution in [3.63, 3.8) is 0 Å². The molecule has 1 aliphatic heterocycles. The van der Waals surface area contributed by atoms with Gasteiger partial charge in [0, 0.05) is 25.5 Å². The molecule has 0 spiro atoms. The zero-order chi connectivity index (χ0) is 16.9. The van der Waals surface area contributed by atoms with Gasteiger partial charge in [0.2, 0.25) is 0 Å². The van der Waals surface area contributed by atoms with Crippen LogP contribution in [0.4, 0.5) is 4.39 Å². The van der Waals surface area contributed by atoms with Crippen LogP contribution in [0.5, 0.6) is 5.75 Å². The summed E-state index contributed by atoms with van der Waals surface area (Å²) in [7, 11) is 1.49. The average Bonchev–Trinajstić information content (AvgIpc) is 2.62. The highest BCUT2D eigenvalue weighted by molar-refractivity contribution is 5.97. The van der Waals surface area contributed by atoms with Gasteiger partial charge in [-0.1, -0.05) is 0 Å². The molecular formula is C19H21FN2O2. The van der Waals surface area contributed by atoms with E-state index in [1.54, 1.807) is 4.90 Å². The summed E-state index contributed by atoms with van der Waals surface area (Å²) in [5.74, 6) is 0.395. The maximum atomic E-state index is 13.5. The highest BCUT2D eigenvalue weighted by atomic mass is 19.1. The third-order valence-corrected chi connectivity index (χ3v) is 4.57. The van der Waals surface area contributed by atoms with Crippen molar-refractivity contribution in [2.75, 3.05) is 20.2 Å². The number of carbonyl (C=O) groups excluding carboxylic acids is 1. The monoisotopic (exact) mass is 328 g/mol. The molecule has 1 amide bonds. The number of benzene rings is 1. The molecule has 0 radical (unpaired) electrons. The van der Waals surface area contributed by atoms with E-state index >= 15 is 0 Å². The van der Waals surface area contributed by atoms with Gasteiger partial charge in [-0.15, -0.1) is 0 Å². The molecule has 1 aromatic heterocycles. The number of piperidine rings is 1. The van der Waals surface area contributed by atoms with E-state index in [0.29, 0.717) is 30.3 Å². The van der Waals surface area contributed by atoms with E-state index in [1.807, 2.05) is 24.5 Å². The number of likely N-dealkylation sites (tertiary alicyclic amines) is 1.